The number of nitrogens with one attached hydrogen (secondary N) is 2. The molecule has 9 nitrogen and oxygen atoms in total. The van der Waals surface area contributed by atoms with Crippen molar-refractivity contribution in [2.24, 2.45) is 0 Å². The van der Waals surface area contributed by atoms with Gasteiger partial charge in [0.2, 0.25) is 5.91 Å². The molecule has 0 spiro atoms. The minimum Gasteiger partial charge on any atom is -0.482 e. The van der Waals surface area contributed by atoms with E-state index in [0.29, 0.717) is 11.4 Å². The molecule has 2 rings (SSSR count). The standard InChI is InChI=1S/C16H17N3O6/c1-2-24-15(22)10-25-12-5-3-4-11(8-12)17-14(21)9-19-7-6-13(20)18-16(19)23/h3-8H,2,9-10H2,1H3,(H,17,21)(H,18,20,23). The quantitative estimate of drug-likeness (QED) is 0.687. The number of amides is 1. The number of aromatic nitrogens is 2. The molecule has 9 heteroatoms. The van der Waals surface area contributed by atoms with Gasteiger partial charge in [-0.3, -0.25) is 19.1 Å². The van der Waals surface area contributed by atoms with Crippen molar-refractivity contribution in [3.05, 3.63) is 57.4 Å². The predicted molar refractivity (Wildman–Crippen MR) is 88.5 cm³/mol. The highest BCUT2D eigenvalue weighted by atomic mass is 16.6. The van der Waals surface area contributed by atoms with Crippen LogP contribution in [0.5, 0.6) is 5.75 Å². The van der Waals surface area contributed by atoms with Gasteiger partial charge in [0.15, 0.2) is 6.61 Å². The number of carbonyl (C=O) groups is 2. The van der Waals surface area contributed by atoms with E-state index in [4.69, 9.17) is 9.47 Å². The van der Waals surface area contributed by atoms with E-state index in [1.807, 2.05) is 0 Å². The van der Waals surface area contributed by atoms with Gasteiger partial charge in [0, 0.05) is 24.0 Å². The normalized spacial score (nSPS) is 10.1. The van der Waals surface area contributed by atoms with Gasteiger partial charge in [0.1, 0.15) is 12.3 Å². The molecule has 0 fully saturated rings. The number of ether oxygens (including phenoxy) is 2. The zero-order valence-electron chi connectivity index (χ0n) is 13.5. The molecule has 132 valence electrons. The Morgan fingerprint density at radius 2 is 2.04 bits per heavy atom. The number of aromatic amines is 1. The van der Waals surface area contributed by atoms with Crippen molar-refractivity contribution >= 4 is 17.6 Å². The second kappa shape index (κ2) is 8.48. The maximum atomic E-state index is 12.0. The monoisotopic (exact) mass is 347 g/mol. The summed E-state index contributed by atoms with van der Waals surface area (Å²) >= 11 is 0. The summed E-state index contributed by atoms with van der Waals surface area (Å²) in [5.74, 6) is -0.571. The summed E-state index contributed by atoms with van der Waals surface area (Å²) in [4.78, 5) is 47.9. The molecule has 1 aromatic heterocycles. The van der Waals surface area contributed by atoms with Gasteiger partial charge in [-0.2, -0.15) is 0 Å². The molecule has 0 radical (unpaired) electrons. The van der Waals surface area contributed by atoms with Crippen molar-refractivity contribution in [2.75, 3.05) is 18.5 Å². The molecule has 1 amide bonds. The highest BCUT2D eigenvalue weighted by Crippen LogP contribution is 2.17. The van der Waals surface area contributed by atoms with Crippen LogP contribution in [0.4, 0.5) is 5.69 Å². The zero-order chi connectivity index (χ0) is 18.2. The van der Waals surface area contributed by atoms with E-state index in [1.165, 1.54) is 12.3 Å². The van der Waals surface area contributed by atoms with Crippen LogP contribution in [0.1, 0.15) is 6.92 Å². The van der Waals surface area contributed by atoms with Gasteiger partial charge < -0.3 is 14.8 Å². The Balaban J connectivity index is 1.96. The third kappa shape index (κ3) is 5.65. The van der Waals surface area contributed by atoms with Crippen molar-refractivity contribution in [1.29, 1.82) is 0 Å². The first-order valence-electron chi connectivity index (χ1n) is 7.46. The van der Waals surface area contributed by atoms with Crippen LogP contribution in [0.3, 0.4) is 0 Å². The van der Waals surface area contributed by atoms with Crippen molar-refractivity contribution in [2.45, 2.75) is 13.5 Å². The van der Waals surface area contributed by atoms with Gasteiger partial charge in [-0.25, -0.2) is 9.59 Å². The fourth-order valence-corrected chi connectivity index (χ4v) is 1.93. The number of esters is 1. The Morgan fingerprint density at radius 1 is 1.24 bits per heavy atom. The second-order valence-corrected chi connectivity index (χ2v) is 4.91. The van der Waals surface area contributed by atoms with Gasteiger partial charge in [0.25, 0.3) is 5.56 Å². The molecule has 1 aromatic carbocycles. The molecule has 0 aliphatic rings. The summed E-state index contributed by atoms with van der Waals surface area (Å²) < 4.78 is 11.1. The van der Waals surface area contributed by atoms with E-state index < -0.39 is 23.1 Å². The maximum absolute atomic E-state index is 12.0. The van der Waals surface area contributed by atoms with Gasteiger partial charge >= 0.3 is 11.7 Å². The summed E-state index contributed by atoms with van der Waals surface area (Å²) in [6.45, 7) is 1.46. The lowest BCUT2D eigenvalue weighted by atomic mass is 10.3. The SMILES string of the molecule is CCOC(=O)COc1cccc(NC(=O)Cn2ccc(=O)[nH]c2=O)c1. The molecule has 0 aliphatic carbocycles. The highest BCUT2D eigenvalue weighted by Gasteiger charge is 2.07. The summed E-state index contributed by atoms with van der Waals surface area (Å²) in [5.41, 5.74) is -0.772. The molecule has 0 aliphatic heterocycles. The lowest BCUT2D eigenvalue weighted by Crippen LogP contribution is -2.32. The van der Waals surface area contributed by atoms with E-state index in [0.717, 1.165) is 10.6 Å². The van der Waals surface area contributed by atoms with Crippen LogP contribution >= 0.6 is 0 Å². The first-order chi connectivity index (χ1) is 12.0. The lowest BCUT2D eigenvalue weighted by Gasteiger charge is -2.09. The van der Waals surface area contributed by atoms with E-state index in [9.17, 15) is 19.2 Å². The van der Waals surface area contributed by atoms with Crippen LogP contribution in [0.25, 0.3) is 0 Å². The molecule has 1 heterocycles. The Labute approximate surface area is 142 Å². The van der Waals surface area contributed by atoms with Crippen molar-refractivity contribution in [3.8, 4) is 5.75 Å². The van der Waals surface area contributed by atoms with Crippen LogP contribution in [0.15, 0.2) is 46.1 Å². The lowest BCUT2D eigenvalue weighted by molar-refractivity contribution is -0.145. The van der Waals surface area contributed by atoms with Crippen LogP contribution < -0.4 is 21.3 Å². The number of rotatable bonds is 7. The predicted octanol–water partition coefficient (Wildman–Crippen LogP) is 0.117. The van der Waals surface area contributed by atoms with Gasteiger partial charge in [-0.1, -0.05) is 6.07 Å². The zero-order valence-corrected chi connectivity index (χ0v) is 13.5. The third-order valence-electron chi connectivity index (χ3n) is 2.99. The molecule has 2 aromatic rings. The number of hydrogen-bond donors (Lipinski definition) is 2. The van der Waals surface area contributed by atoms with Crippen molar-refractivity contribution in [3.63, 3.8) is 0 Å². The smallest absolute Gasteiger partial charge is 0.344 e. The molecular weight excluding hydrogens is 330 g/mol. The average molecular weight is 347 g/mol. The summed E-state index contributed by atoms with van der Waals surface area (Å²) in [5, 5.41) is 2.60. The summed E-state index contributed by atoms with van der Waals surface area (Å²) in [6, 6.07) is 7.58. The van der Waals surface area contributed by atoms with E-state index in [1.54, 1.807) is 25.1 Å². The molecular formula is C16H17N3O6. The van der Waals surface area contributed by atoms with E-state index in [-0.39, 0.29) is 19.8 Å². The number of hydrogen-bond acceptors (Lipinski definition) is 6. The van der Waals surface area contributed by atoms with E-state index >= 15 is 0 Å². The van der Waals surface area contributed by atoms with Crippen LogP contribution in [0, 0.1) is 0 Å². The van der Waals surface area contributed by atoms with E-state index in [2.05, 4.69) is 10.3 Å². The molecule has 0 bridgehead atoms. The first-order valence-corrected chi connectivity index (χ1v) is 7.46. The van der Waals surface area contributed by atoms with Gasteiger partial charge in [-0.15, -0.1) is 0 Å². The number of H-pyrrole nitrogens is 1. The number of carbonyl (C=O) groups excluding carboxylic acids is 2. The molecule has 25 heavy (non-hydrogen) atoms. The molecule has 0 atom stereocenters. The second-order valence-electron chi connectivity index (χ2n) is 4.91. The number of anilines is 1. The summed E-state index contributed by atoms with van der Waals surface area (Å²) in [7, 11) is 0. The van der Waals surface area contributed by atoms with Crippen LogP contribution in [0.2, 0.25) is 0 Å². The molecule has 0 unspecified atom stereocenters. The highest BCUT2D eigenvalue weighted by molar-refractivity contribution is 5.90. The summed E-state index contributed by atoms with van der Waals surface area (Å²) in [6.07, 6.45) is 1.24. The maximum Gasteiger partial charge on any atom is 0.344 e. The first kappa shape index (κ1) is 18.0. The largest absolute Gasteiger partial charge is 0.482 e. The fourth-order valence-electron chi connectivity index (χ4n) is 1.93. The minimum absolute atomic E-state index is 0.238. The van der Waals surface area contributed by atoms with Crippen LogP contribution in [-0.4, -0.2) is 34.6 Å². The Bertz CT molecular complexity index is 870. The fraction of sp³-hybridized carbons (Fsp3) is 0.250. The van der Waals surface area contributed by atoms with Crippen molar-refractivity contribution < 1.29 is 19.1 Å². The molecule has 0 saturated heterocycles. The van der Waals surface area contributed by atoms with Gasteiger partial charge in [0.05, 0.1) is 6.61 Å². The Morgan fingerprint density at radius 3 is 2.76 bits per heavy atom. The Kier molecular flexibility index (Phi) is 6.10. The Hall–Kier alpha value is -3.36. The number of benzene rings is 1. The molecule has 2 N–H and O–H groups in total. The topological polar surface area (TPSA) is 119 Å². The average Bonchev–Trinajstić information content (AvgIpc) is 2.56. The third-order valence-corrected chi connectivity index (χ3v) is 2.99. The van der Waals surface area contributed by atoms with Crippen LogP contribution in [-0.2, 0) is 20.9 Å². The minimum atomic E-state index is -0.672. The van der Waals surface area contributed by atoms with Crippen molar-refractivity contribution in [1.82, 2.24) is 9.55 Å². The molecule has 0 saturated carbocycles. The number of nitrogens with zero attached hydrogens (tertiary/aromatic N) is 1. The van der Waals surface area contributed by atoms with Gasteiger partial charge in [-0.05, 0) is 19.1 Å².